The van der Waals surface area contributed by atoms with Crippen molar-refractivity contribution in [3.63, 3.8) is 0 Å². The first kappa shape index (κ1) is 16.5. The number of hydrogen-bond donors (Lipinski definition) is 2. The summed E-state index contributed by atoms with van der Waals surface area (Å²) in [5.41, 5.74) is 1.71. The number of para-hydroxylation sites is 2. The molecule has 0 unspecified atom stereocenters. The Morgan fingerprint density at radius 2 is 1.75 bits per heavy atom. The molecule has 1 heterocycles. The lowest BCUT2D eigenvalue weighted by Crippen LogP contribution is -3.15. The molecule has 126 valence electrons. The number of nitrogens with one attached hydrogen (secondary N) is 2. The van der Waals surface area contributed by atoms with Gasteiger partial charge in [-0.05, 0) is 12.1 Å². The topological polar surface area (TPSA) is 52.0 Å². The smallest absolute Gasteiger partial charge is 0.287 e. The SMILES string of the molecule is COc1ccccc1NC(=O)[C@@H](c1ccccc1)[NH+]1CCOCC1. The first-order chi connectivity index (χ1) is 11.8. The maximum atomic E-state index is 13.1. The van der Waals surface area contributed by atoms with E-state index in [1.807, 2.05) is 54.6 Å². The van der Waals surface area contributed by atoms with Crippen LogP contribution in [0.3, 0.4) is 0 Å². The highest BCUT2D eigenvalue weighted by Crippen LogP contribution is 2.24. The Balaban J connectivity index is 1.85. The minimum Gasteiger partial charge on any atom is -0.495 e. The molecule has 0 aromatic heterocycles. The van der Waals surface area contributed by atoms with E-state index in [-0.39, 0.29) is 11.9 Å². The molecule has 24 heavy (non-hydrogen) atoms. The van der Waals surface area contributed by atoms with E-state index in [0.29, 0.717) is 24.7 Å². The molecule has 1 atom stereocenters. The lowest BCUT2D eigenvalue weighted by molar-refractivity contribution is -0.929. The molecule has 5 nitrogen and oxygen atoms in total. The molecule has 1 aliphatic heterocycles. The third-order valence-electron chi connectivity index (χ3n) is 4.30. The molecule has 2 aromatic carbocycles. The zero-order chi connectivity index (χ0) is 16.8. The second kappa shape index (κ2) is 7.95. The minimum atomic E-state index is -0.264. The van der Waals surface area contributed by atoms with Crippen LogP contribution in [0.5, 0.6) is 5.75 Å². The van der Waals surface area contributed by atoms with Gasteiger partial charge in [-0.25, -0.2) is 0 Å². The molecule has 5 heteroatoms. The summed E-state index contributed by atoms with van der Waals surface area (Å²) in [6.45, 7) is 3.00. The first-order valence-corrected chi connectivity index (χ1v) is 8.21. The molecule has 1 fully saturated rings. The van der Waals surface area contributed by atoms with Gasteiger partial charge >= 0.3 is 0 Å². The Morgan fingerprint density at radius 1 is 1.08 bits per heavy atom. The van der Waals surface area contributed by atoms with E-state index in [1.54, 1.807) is 7.11 Å². The maximum absolute atomic E-state index is 13.1. The molecular formula is C19H23N2O3+. The van der Waals surface area contributed by atoms with Gasteiger partial charge in [0.05, 0.1) is 26.0 Å². The summed E-state index contributed by atoms with van der Waals surface area (Å²) >= 11 is 0. The van der Waals surface area contributed by atoms with E-state index in [9.17, 15) is 4.79 Å². The van der Waals surface area contributed by atoms with E-state index in [2.05, 4.69) is 5.32 Å². The van der Waals surface area contributed by atoms with Crippen molar-refractivity contribution in [1.82, 2.24) is 0 Å². The number of methoxy groups -OCH3 is 1. The predicted molar refractivity (Wildman–Crippen MR) is 92.3 cm³/mol. The van der Waals surface area contributed by atoms with Crippen molar-refractivity contribution in [2.45, 2.75) is 6.04 Å². The lowest BCUT2D eigenvalue weighted by atomic mass is 10.0. The van der Waals surface area contributed by atoms with Gasteiger partial charge in [0.1, 0.15) is 18.8 Å². The quantitative estimate of drug-likeness (QED) is 0.870. The molecule has 0 bridgehead atoms. The molecule has 2 aromatic rings. The third kappa shape index (κ3) is 3.75. The molecule has 0 radical (unpaired) electrons. The first-order valence-electron chi connectivity index (χ1n) is 8.21. The second-order valence-corrected chi connectivity index (χ2v) is 5.80. The Bertz CT molecular complexity index is 669. The minimum absolute atomic E-state index is 0.0254. The van der Waals surface area contributed by atoms with Crippen molar-refractivity contribution in [3.8, 4) is 5.75 Å². The van der Waals surface area contributed by atoms with Gasteiger partial charge in [0.15, 0.2) is 6.04 Å². The molecule has 3 rings (SSSR count). The molecule has 0 spiro atoms. The van der Waals surface area contributed by atoms with E-state index in [1.165, 1.54) is 4.90 Å². The zero-order valence-electron chi connectivity index (χ0n) is 13.8. The standard InChI is InChI=1S/C19H22N2O3/c1-23-17-10-6-5-9-16(17)20-19(22)18(15-7-3-2-4-8-15)21-11-13-24-14-12-21/h2-10,18H,11-14H2,1H3,(H,20,22)/p+1/t18-/m1/s1. The zero-order valence-corrected chi connectivity index (χ0v) is 13.8. The number of ether oxygens (including phenoxy) is 2. The van der Waals surface area contributed by atoms with Gasteiger partial charge in [-0.1, -0.05) is 42.5 Å². The second-order valence-electron chi connectivity index (χ2n) is 5.80. The highest BCUT2D eigenvalue weighted by atomic mass is 16.5. The van der Waals surface area contributed by atoms with Crippen LogP contribution in [-0.4, -0.2) is 39.3 Å². The van der Waals surface area contributed by atoms with E-state index in [0.717, 1.165) is 18.7 Å². The largest absolute Gasteiger partial charge is 0.495 e. The summed E-state index contributed by atoms with van der Waals surface area (Å²) in [5, 5.41) is 3.03. The van der Waals surface area contributed by atoms with Gasteiger partial charge in [-0.2, -0.15) is 0 Å². The van der Waals surface area contributed by atoms with Crippen molar-refractivity contribution in [1.29, 1.82) is 0 Å². The average Bonchev–Trinajstić information content (AvgIpc) is 2.64. The fourth-order valence-corrected chi connectivity index (χ4v) is 3.09. The summed E-state index contributed by atoms with van der Waals surface area (Å²) in [6, 6.07) is 17.1. The van der Waals surface area contributed by atoms with Crippen LogP contribution in [0.1, 0.15) is 11.6 Å². The number of hydrogen-bond acceptors (Lipinski definition) is 3. The summed E-state index contributed by atoms with van der Waals surface area (Å²) in [4.78, 5) is 14.3. The fourth-order valence-electron chi connectivity index (χ4n) is 3.09. The van der Waals surface area contributed by atoms with Gasteiger partial charge in [0.25, 0.3) is 5.91 Å². The van der Waals surface area contributed by atoms with Crippen LogP contribution in [0.15, 0.2) is 54.6 Å². The number of carbonyl (C=O) groups is 1. The van der Waals surface area contributed by atoms with Crippen molar-refractivity contribution >= 4 is 11.6 Å². The van der Waals surface area contributed by atoms with Crippen LogP contribution in [-0.2, 0) is 9.53 Å². The molecule has 1 amide bonds. The molecule has 0 aliphatic carbocycles. The Labute approximate surface area is 142 Å². The van der Waals surface area contributed by atoms with Gasteiger partial charge in [0, 0.05) is 5.56 Å². The van der Waals surface area contributed by atoms with Crippen LogP contribution < -0.4 is 15.0 Å². The van der Waals surface area contributed by atoms with Crippen LogP contribution in [0.25, 0.3) is 0 Å². The Kier molecular flexibility index (Phi) is 5.46. The monoisotopic (exact) mass is 327 g/mol. The summed E-state index contributed by atoms with van der Waals surface area (Å²) < 4.78 is 10.8. The van der Waals surface area contributed by atoms with Gasteiger partial charge in [0.2, 0.25) is 0 Å². The van der Waals surface area contributed by atoms with Gasteiger partial charge in [-0.3, -0.25) is 4.79 Å². The van der Waals surface area contributed by atoms with Crippen molar-refractivity contribution in [2.24, 2.45) is 0 Å². The fraction of sp³-hybridized carbons (Fsp3) is 0.316. The Hall–Kier alpha value is -2.37. The summed E-state index contributed by atoms with van der Waals surface area (Å²) in [6.07, 6.45) is 0. The molecule has 1 saturated heterocycles. The number of morpholine rings is 1. The van der Waals surface area contributed by atoms with E-state index < -0.39 is 0 Å². The number of amides is 1. The average molecular weight is 327 g/mol. The van der Waals surface area contributed by atoms with Crippen LogP contribution >= 0.6 is 0 Å². The molecule has 2 N–H and O–H groups in total. The van der Waals surface area contributed by atoms with Gasteiger partial charge < -0.3 is 19.7 Å². The van der Waals surface area contributed by atoms with Crippen molar-refractivity contribution in [3.05, 3.63) is 60.2 Å². The van der Waals surface area contributed by atoms with Crippen LogP contribution in [0.2, 0.25) is 0 Å². The molecule has 1 aliphatic rings. The van der Waals surface area contributed by atoms with Crippen LogP contribution in [0.4, 0.5) is 5.69 Å². The van der Waals surface area contributed by atoms with E-state index in [4.69, 9.17) is 9.47 Å². The highest BCUT2D eigenvalue weighted by Gasteiger charge is 2.33. The number of anilines is 1. The normalized spacial score (nSPS) is 16.4. The lowest BCUT2D eigenvalue weighted by Gasteiger charge is -2.31. The van der Waals surface area contributed by atoms with E-state index >= 15 is 0 Å². The Morgan fingerprint density at radius 3 is 2.46 bits per heavy atom. The molecular weight excluding hydrogens is 304 g/mol. The van der Waals surface area contributed by atoms with Crippen LogP contribution in [0, 0.1) is 0 Å². The van der Waals surface area contributed by atoms with Crippen molar-refractivity contribution in [2.75, 3.05) is 38.7 Å². The number of benzene rings is 2. The summed E-state index contributed by atoms with van der Waals surface area (Å²) in [7, 11) is 1.60. The van der Waals surface area contributed by atoms with Gasteiger partial charge in [-0.15, -0.1) is 0 Å². The van der Waals surface area contributed by atoms with Crippen molar-refractivity contribution < 1.29 is 19.2 Å². The third-order valence-corrected chi connectivity index (χ3v) is 4.30. The number of carbonyl (C=O) groups excluding carboxylic acids is 1. The predicted octanol–water partition coefficient (Wildman–Crippen LogP) is 1.29. The highest BCUT2D eigenvalue weighted by molar-refractivity contribution is 5.95. The number of rotatable bonds is 5. The summed E-state index contributed by atoms with van der Waals surface area (Å²) in [5.74, 6) is 0.636. The maximum Gasteiger partial charge on any atom is 0.287 e. The molecule has 0 saturated carbocycles. The number of quaternary nitrogens is 1.